The van der Waals surface area contributed by atoms with Crippen molar-refractivity contribution in [2.75, 3.05) is 13.2 Å². The van der Waals surface area contributed by atoms with Crippen LogP contribution in [-0.2, 0) is 72.0 Å². The summed E-state index contributed by atoms with van der Waals surface area (Å²) in [6.07, 6.45) is -5.43. The normalized spacial score (nSPS) is 31.4. The number of hydrogen-bond donors (Lipinski definition) is 0. The number of fused-ring (bicyclic) bond motifs is 3. The van der Waals surface area contributed by atoms with Gasteiger partial charge >= 0.3 is 0 Å². The Kier molecular flexibility index (Phi) is 13.7. The van der Waals surface area contributed by atoms with Gasteiger partial charge in [-0.1, -0.05) is 96.6 Å². The first-order chi connectivity index (χ1) is 27.4. The Hall–Kier alpha value is -2.98. The molecule has 11 nitrogen and oxygen atoms in total. The number of thioether (sulfide) groups is 1. The number of benzene rings is 3. The number of Topliss-reactive ketones (excluding diaryl/α,β-unsaturated/α-hetero) is 1. The molecule has 0 spiro atoms. The molecule has 4 saturated heterocycles. The van der Waals surface area contributed by atoms with Gasteiger partial charge in [0.2, 0.25) is 0 Å². The Labute approximate surface area is 340 Å². The third-order valence-electron chi connectivity index (χ3n) is 10.3. The quantitative estimate of drug-likeness (QED) is 0.134. The van der Waals surface area contributed by atoms with Gasteiger partial charge in [0.05, 0.1) is 38.3 Å². The van der Waals surface area contributed by atoms with Crippen LogP contribution in [-0.4, -0.2) is 91.1 Å². The molecule has 3 aromatic rings. The number of rotatable bonds is 16. The molecule has 4 heterocycles. The Morgan fingerprint density at radius 1 is 0.596 bits per heavy atom. The summed E-state index contributed by atoms with van der Waals surface area (Å²) in [5.41, 5.74) is 3.92. The molecular formula is C45H56O11S. The van der Waals surface area contributed by atoms with Crippen LogP contribution in [0.2, 0.25) is 0 Å². The van der Waals surface area contributed by atoms with Crippen LogP contribution in [0.15, 0.2) is 101 Å². The van der Waals surface area contributed by atoms with E-state index in [4.69, 9.17) is 47.4 Å². The monoisotopic (exact) mass is 804 g/mol. The number of allylic oxidation sites excluding steroid dienone is 2. The molecule has 0 bridgehead atoms. The van der Waals surface area contributed by atoms with Gasteiger partial charge in [0.15, 0.2) is 29.9 Å². The highest BCUT2D eigenvalue weighted by atomic mass is 32.2. The van der Waals surface area contributed by atoms with E-state index in [9.17, 15) is 4.79 Å². The molecule has 308 valence electrons. The molecule has 4 aliphatic rings. The van der Waals surface area contributed by atoms with E-state index in [1.807, 2.05) is 133 Å². The molecule has 0 radical (unpaired) electrons. The van der Waals surface area contributed by atoms with Crippen molar-refractivity contribution in [3.8, 4) is 0 Å². The molecule has 0 amide bonds. The van der Waals surface area contributed by atoms with Gasteiger partial charge in [-0.25, -0.2) is 0 Å². The summed E-state index contributed by atoms with van der Waals surface area (Å²) >= 11 is 1.40. The number of ether oxygens (including phenoxy) is 10. The van der Waals surface area contributed by atoms with E-state index in [-0.39, 0.29) is 19.0 Å². The summed E-state index contributed by atoms with van der Waals surface area (Å²) in [4.78, 5) is 13.8. The maximum Gasteiger partial charge on any atom is 0.190 e. The number of hydrogen-bond acceptors (Lipinski definition) is 12. The van der Waals surface area contributed by atoms with Crippen molar-refractivity contribution in [1.29, 1.82) is 0 Å². The van der Waals surface area contributed by atoms with Crippen molar-refractivity contribution in [3.63, 3.8) is 0 Å². The second kappa shape index (κ2) is 18.5. The molecule has 3 aromatic carbocycles. The fraction of sp³-hybridized carbons (Fsp3) is 0.533. The number of carbonyl (C=O) groups is 1. The Morgan fingerprint density at radius 2 is 1.12 bits per heavy atom. The van der Waals surface area contributed by atoms with Crippen LogP contribution < -0.4 is 0 Å². The molecule has 0 unspecified atom stereocenters. The summed E-state index contributed by atoms with van der Waals surface area (Å²) in [5.74, 6) is -1.79. The lowest BCUT2D eigenvalue weighted by atomic mass is 9.99. The first-order valence-corrected chi connectivity index (χ1v) is 20.7. The van der Waals surface area contributed by atoms with Gasteiger partial charge in [0, 0.05) is 4.91 Å². The van der Waals surface area contributed by atoms with Gasteiger partial charge in [-0.3, -0.25) is 4.79 Å². The minimum Gasteiger partial charge on any atom is -0.374 e. The second-order valence-electron chi connectivity index (χ2n) is 16.1. The maximum atomic E-state index is 13.2. The fourth-order valence-corrected chi connectivity index (χ4v) is 9.07. The van der Waals surface area contributed by atoms with Crippen LogP contribution in [0.5, 0.6) is 0 Å². The molecule has 57 heavy (non-hydrogen) atoms. The van der Waals surface area contributed by atoms with Gasteiger partial charge in [-0.05, 0) is 65.2 Å². The molecule has 4 fully saturated rings. The summed E-state index contributed by atoms with van der Waals surface area (Å²) in [5, 5.41) is -0.553. The molecule has 0 N–H and O–H groups in total. The van der Waals surface area contributed by atoms with Crippen molar-refractivity contribution >= 4 is 17.5 Å². The first kappa shape index (κ1) is 42.2. The van der Waals surface area contributed by atoms with E-state index in [0.717, 1.165) is 22.3 Å². The summed E-state index contributed by atoms with van der Waals surface area (Å²) < 4.78 is 65.6. The summed E-state index contributed by atoms with van der Waals surface area (Å²) in [7, 11) is 0. The molecular weight excluding hydrogens is 749 g/mol. The van der Waals surface area contributed by atoms with E-state index in [0.29, 0.717) is 24.7 Å². The topological polar surface area (TPSA) is 109 Å². The molecule has 12 heteroatoms. The molecule has 0 aliphatic carbocycles. The van der Waals surface area contributed by atoms with Crippen LogP contribution >= 0.6 is 11.8 Å². The second-order valence-corrected chi connectivity index (χ2v) is 17.3. The smallest absolute Gasteiger partial charge is 0.190 e. The largest absolute Gasteiger partial charge is 0.374 e. The molecule has 4 aliphatic heterocycles. The predicted octanol–water partition coefficient (Wildman–Crippen LogP) is 7.50. The van der Waals surface area contributed by atoms with Gasteiger partial charge in [-0.15, -0.1) is 11.8 Å². The summed E-state index contributed by atoms with van der Waals surface area (Å²) in [6.45, 7) is 14.2. The third-order valence-corrected chi connectivity index (χ3v) is 12.0. The Bertz CT molecular complexity index is 1780. The highest BCUT2D eigenvalue weighted by molar-refractivity contribution is 8.04. The lowest BCUT2D eigenvalue weighted by Gasteiger charge is -2.46. The van der Waals surface area contributed by atoms with Gasteiger partial charge < -0.3 is 47.4 Å². The van der Waals surface area contributed by atoms with E-state index < -0.39 is 72.1 Å². The number of ketones is 1. The van der Waals surface area contributed by atoms with Crippen LogP contribution in [0, 0.1) is 0 Å². The van der Waals surface area contributed by atoms with E-state index in [2.05, 4.69) is 0 Å². The zero-order valence-electron chi connectivity index (χ0n) is 33.9. The maximum absolute atomic E-state index is 13.2. The zero-order chi connectivity index (χ0) is 40.2. The fourth-order valence-electron chi connectivity index (χ4n) is 7.77. The van der Waals surface area contributed by atoms with E-state index in [1.165, 1.54) is 11.8 Å². The SMILES string of the molecule is CC(=O)C(S[C@H]1[C@H](OC[C@H]2O[C@@H]3OC(C)(C)O[C@@H]3[C@H]3OC(C)(C)O[C@H]32)O[C@H](COCc2ccccc2)[C@@H](OCc2ccccc2)[C@@H]1OCc1ccccc1)=C(C)C. The average Bonchev–Trinajstić information content (AvgIpc) is 3.69. The lowest BCUT2D eigenvalue weighted by Crippen LogP contribution is -2.61. The highest BCUT2D eigenvalue weighted by Crippen LogP contribution is 2.45. The van der Waals surface area contributed by atoms with Crippen molar-refractivity contribution in [1.82, 2.24) is 0 Å². The average molecular weight is 805 g/mol. The van der Waals surface area contributed by atoms with Gasteiger partial charge in [0.1, 0.15) is 42.7 Å². The Balaban J connectivity index is 1.21. The minimum atomic E-state index is -0.890. The van der Waals surface area contributed by atoms with Crippen LogP contribution in [0.3, 0.4) is 0 Å². The zero-order valence-corrected chi connectivity index (χ0v) is 34.7. The predicted molar refractivity (Wildman–Crippen MR) is 214 cm³/mol. The molecule has 10 atom stereocenters. The highest BCUT2D eigenvalue weighted by Gasteiger charge is 2.61. The molecule has 0 aromatic heterocycles. The Morgan fingerprint density at radius 3 is 1.70 bits per heavy atom. The third kappa shape index (κ3) is 10.6. The van der Waals surface area contributed by atoms with Crippen molar-refractivity contribution in [3.05, 3.63) is 118 Å². The van der Waals surface area contributed by atoms with Crippen LogP contribution in [0.25, 0.3) is 0 Å². The number of carbonyl (C=O) groups excluding carboxylic acids is 1. The van der Waals surface area contributed by atoms with E-state index in [1.54, 1.807) is 6.92 Å². The van der Waals surface area contributed by atoms with E-state index >= 15 is 0 Å². The van der Waals surface area contributed by atoms with Crippen LogP contribution in [0.1, 0.15) is 65.2 Å². The standard InChI is InChI=1S/C45H56O11S/c1-28(2)40(29(3)46)57-41-38(49-25-32-21-15-10-16-22-32)35(48-24-31-19-13-9-14-20-31)33(26-47-23-30-17-11-8-12-18-30)52-43(41)50-27-34-36-37(54-44(4,5)53-36)39-42(51-34)56-45(6,7)55-39/h8-22,33-39,41-43H,23-27H2,1-7H3/t33-,34-,35-,36+,37+,38+,39-,41-,42-,43-/m1/s1. The first-order valence-electron chi connectivity index (χ1n) is 19.8. The van der Waals surface area contributed by atoms with Gasteiger partial charge in [-0.2, -0.15) is 0 Å². The molecule has 7 rings (SSSR count). The van der Waals surface area contributed by atoms with Crippen molar-refractivity contribution in [2.45, 2.75) is 140 Å². The van der Waals surface area contributed by atoms with Crippen molar-refractivity contribution in [2.24, 2.45) is 0 Å². The lowest BCUT2D eigenvalue weighted by molar-refractivity contribution is -0.293. The summed E-state index contributed by atoms with van der Waals surface area (Å²) in [6, 6.07) is 30.0. The van der Waals surface area contributed by atoms with Crippen molar-refractivity contribution < 1.29 is 52.2 Å². The minimum absolute atomic E-state index is 0.0557. The van der Waals surface area contributed by atoms with Crippen LogP contribution in [0.4, 0.5) is 0 Å². The molecule has 0 saturated carbocycles. The van der Waals surface area contributed by atoms with Gasteiger partial charge in [0.25, 0.3) is 0 Å².